The molecular weight excluding hydrogens is 425 g/mol. The first-order valence-corrected chi connectivity index (χ1v) is 9.98. The molecule has 10 heteroatoms. The van der Waals surface area contributed by atoms with Gasteiger partial charge in [0.1, 0.15) is 11.4 Å². The number of halogens is 1. The summed E-state index contributed by atoms with van der Waals surface area (Å²) in [4.78, 5) is 37.0. The number of anilines is 3. The molecule has 2 heterocycles. The van der Waals surface area contributed by atoms with Gasteiger partial charge in [-0.05, 0) is 63.2 Å². The van der Waals surface area contributed by atoms with Gasteiger partial charge in [-0.2, -0.15) is 0 Å². The van der Waals surface area contributed by atoms with Crippen molar-refractivity contribution < 1.29 is 27.9 Å². The molecule has 0 radical (unpaired) electrons. The third kappa shape index (κ3) is 6.16. The Labute approximate surface area is 181 Å². The van der Waals surface area contributed by atoms with E-state index in [2.05, 4.69) is 16.0 Å². The van der Waals surface area contributed by atoms with Crippen LogP contribution >= 0.6 is 11.3 Å². The second-order valence-electron chi connectivity index (χ2n) is 7.37. The van der Waals surface area contributed by atoms with E-state index in [4.69, 9.17) is 9.15 Å². The number of hydrogen-bond acceptors (Lipinski definition) is 6. The number of carbonyl (C=O) groups is 3. The highest BCUT2D eigenvalue weighted by Crippen LogP contribution is 2.27. The molecule has 0 saturated carbocycles. The summed E-state index contributed by atoms with van der Waals surface area (Å²) in [5.74, 6) is -1.45. The zero-order valence-electron chi connectivity index (χ0n) is 16.9. The summed E-state index contributed by atoms with van der Waals surface area (Å²) in [6.45, 7) is 5.12. The normalized spacial score (nSPS) is 11.0. The number of nitrogens with one attached hydrogen (secondary N) is 3. The molecular formula is C21H20FN3O5S. The summed E-state index contributed by atoms with van der Waals surface area (Å²) in [6.07, 6.45) is 0.637. The van der Waals surface area contributed by atoms with Crippen LogP contribution in [-0.4, -0.2) is 23.5 Å². The number of furan rings is 1. The molecule has 0 aliphatic carbocycles. The number of hydrogen-bond donors (Lipinski definition) is 3. The summed E-state index contributed by atoms with van der Waals surface area (Å²) < 4.78 is 23.9. The molecule has 31 heavy (non-hydrogen) atoms. The van der Waals surface area contributed by atoms with Crippen molar-refractivity contribution >= 4 is 45.6 Å². The zero-order valence-corrected chi connectivity index (χ0v) is 17.8. The third-order valence-corrected chi connectivity index (χ3v) is 4.68. The molecule has 0 spiro atoms. The van der Waals surface area contributed by atoms with E-state index < -0.39 is 29.3 Å². The monoisotopic (exact) mass is 445 g/mol. The molecule has 0 aliphatic heterocycles. The van der Waals surface area contributed by atoms with Crippen LogP contribution < -0.4 is 16.0 Å². The first-order valence-electron chi connectivity index (χ1n) is 9.16. The molecule has 3 amide bonds. The van der Waals surface area contributed by atoms with Crippen LogP contribution in [0.1, 0.15) is 41.0 Å². The molecule has 3 aromatic rings. The van der Waals surface area contributed by atoms with Gasteiger partial charge >= 0.3 is 6.09 Å². The average molecular weight is 445 g/mol. The fourth-order valence-electron chi connectivity index (χ4n) is 2.43. The number of benzene rings is 1. The van der Waals surface area contributed by atoms with Gasteiger partial charge in [-0.15, -0.1) is 11.3 Å². The maximum atomic E-state index is 13.7. The Hall–Kier alpha value is -3.66. The lowest BCUT2D eigenvalue weighted by Crippen LogP contribution is -2.27. The molecule has 0 unspecified atom stereocenters. The van der Waals surface area contributed by atoms with Gasteiger partial charge in [0, 0.05) is 0 Å². The van der Waals surface area contributed by atoms with Gasteiger partial charge < -0.3 is 19.8 Å². The highest BCUT2D eigenvalue weighted by atomic mass is 32.1. The minimum Gasteiger partial charge on any atom is -0.459 e. The quantitative estimate of drug-likeness (QED) is 0.492. The van der Waals surface area contributed by atoms with Crippen molar-refractivity contribution in [2.24, 2.45) is 0 Å². The summed E-state index contributed by atoms with van der Waals surface area (Å²) in [7, 11) is 0. The van der Waals surface area contributed by atoms with Crippen LogP contribution in [-0.2, 0) is 4.74 Å². The second kappa shape index (κ2) is 9.00. The topological polar surface area (TPSA) is 110 Å². The van der Waals surface area contributed by atoms with Gasteiger partial charge in [-0.25, -0.2) is 9.18 Å². The Morgan fingerprint density at radius 3 is 2.42 bits per heavy atom. The standard InChI is InChI=1S/C21H20FN3O5S/c1-21(2,3)30-20(28)24-13-7-6-12(22)11-14(13)23-19(27)16-8-9-17(31-16)25-18(26)15-5-4-10-29-15/h4-11H,1-3H3,(H,23,27)(H,24,28)(H,25,26). The van der Waals surface area contributed by atoms with Gasteiger partial charge in [0.15, 0.2) is 5.76 Å². The fraction of sp³-hybridized carbons (Fsp3) is 0.190. The highest BCUT2D eigenvalue weighted by molar-refractivity contribution is 7.18. The van der Waals surface area contributed by atoms with Gasteiger partial charge in [-0.3, -0.25) is 14.9 Å². The minimum absolute atomic E-state index is 0.0606. The van der Waals surface area contributed by atoms with Gasteiger partial charge in [0.2, 0.25) is 0 Å². The van der Waals surface area contributed by atoms with Crippen LogP contribution in [0, 0.1) is 5.82 Å². The van der Waals surface area contributed by atoms with Gasteiger partial charge in [0.05, 0.1) is 27.5 Å². The third-order valence-electron chi connectivity index (χ3n) is 3.68. The van der Waals surface area contributed by atoms with Crippen molar-refractivity contribution in [3.63, 3.8) is 0 Å². The number of thiophene rings is 1. The minimum atomic E-state index is -0.742. The van der Waals surface area contributed by atoms with Crippen LogP contribution in [0.15, 0.2) is 53.1 Å². The average Bonchev–Trinajstić information content (AvgIpc) is 3.34. The molecule has 0 aliphatic rings. The molecule has 2 aromatic heterocycles. The first kappa shape index (κ1) is 22.0. The van der Waals surface area contributed by atoms with Crippen molar-refractivity contribution in [2.75, 3.05) is 16.0 Å². The van der Waals surface area contributed by atoms with Crippen molar-refractivity contribution in [1.82, 2.24) is 0 Å². The van der Waals surface area contributed by atoms with E-state index in [0.717, 1.165) is 23.5 Å². The molecule has 1 aromatic carbocycles. The summed E-state index contributed by atoms with van der Waals surface area (Å²) in [5.41, 5.74) is -0.488. The smallest absolute Gasteiger partial charge is 0.412 e. The molecule has 0 atom stereocenters. The van der Waals surface area contributed by atoms with Crippen molar-refractivity contribution in [3.05, 3.63) is 65.2 Å². The first-order chi connectivity index (χ1) is 14.6. The van der Waals surface area contributed by atoms with E-state index in [0.29, 0.717) is 5.00 Å². The van der Waals surface area contributed by atoms with Gasteiger partial charge in [-0.1, -0.05) is 0 Å². The van der Waals surface area contributed by atoms with Crippen molar-refractivity contribution in [3.8, 4) is 0 Å². The van der Waals surface area contributed by atoms with E-state index in [1.54, 1.807) is 32.9 Å². The van der Waals surface area contributed by atoms with Gasteiger partial charge in [0.25, 0.3) is 11.8 Å². The van der Waals surface area contributed by atoms with E-state index in [-0.39, 0.29) is 22.0 Å². The molecule has 8 nitrogen and oxygen atoms in total. The molecule has 162 valence electrons. The Bertz CT molecular complexity index is 1100. The van der Waals surface area contributed by atoms with E-state index >= 15 is 0 Å². The Morgan fingerprint density at radius 1 is 0.968 bits per heavy atom. The lowest BCUT2D eigenvalue weighted by atomic mass is 10.2. The lowest BCUT2D eigenvalue weighted by molar-refractivity contribution is 0.0635. The number of ether oxygens (including phenoxy) is 1. The summed E-state index contributed by atoms with van der Waals surface area (Å²) in [6, 6.07) is 9.72. The maximum Gasteiger partial charge on any atom is 0.412 e. The molecule has 3 rings (SSSR count). The predicted molar refractivity (Wildman–Crippen MR) is 115 cm³/mol. The van der Waals surface area contributed by atoms with E-state index in [9.17, 15) is 18.8 Å². The molecule has 0 fully saturated rings. The largest absolute Gasteiger partial charge is 0.459 e. The molecule has 0 saturated heterocycles. The maximum absolute atomic E-state index is 13.7. The van der Waals surface area contributed by atoms with Crippen molar-refractivity contribution in [2.45, 2.75) is 26.4 Å². The SMILES string of the molecule is CC(C)(C)OC(=O)Nc1ccc(F)cc1NC(=O)c1ccc(NC(=O)c2ccco2)s1. The van der Waals surface area contributed by atoms with Crippen LogP contribution in [0.4, 0.5) is 25.6 Å². The summed E-state index contributed by atoms with van der Waals surface area (Å²) in [5, 5.41) is 8.10. The Morgan fingerprint density at radius 2 is 1.74 bits per heavy atom. The lowest BCUT2D eigenvalue weighted by Gasteiger charge is -2.20. The van der Waals surface area contributed by atoms with E-state index in [1.165, 1.54) is 24.5 Å². The number of amides is 3. The highest BCUT2D eigenvalue weighted by Gasteiger charge is 2.19. The van der Waals surface area contributed by atoms with E-state index in [1.807, 2.05) is 0 Å². The number of carbonyl (C=O) groups excluding carboxylic acids is 3. The van der Waals surface area contributed by atoms with Crippen LogP contribution in [0.5, 0.6) is 0 Å². The summed E-state index contributed by atoms with van der Waals surface area (Å²) >= 11 is 1.03. The molecule has 3 N–H and O–H groups in total. The Kier molecular flexibility index (Phi) is 6.40. The Balaban J connectivity index is 1.70. The van der Waals surface area contributed by atoms with Crippen LogP contribution in [0.25, 0.3) is 0 Å². The number of rotatable bonds is 5. The predicted octanol–water partition coefficient (Wildman–Crippen LogP) is 5.33. The van der Waals surface area contributed by atoms with Crippen molar-refractivity contribution in [1.29, 1.82) is 0 Å². The zero-order chi connectivity index (χ0) is 22.6. The second-order valence-corrected chi connectivity index (χ2v) is 8.45. The van der Waals surface area contributed by atoms with Crippen LogP contribution in [0.2, 0.25) is 0 Å². The fourth-order valence-corrected chi connectivity index (χ4v) is 3.23. The van der Waals surface area contributed by atoms with Crippen LogP contribution in [0.3, 0.4) is 0 Å². The molecule has 0 bridgehead atoms.